The number of esters is 1. The Kier molecular flexibility index (Phi) is 7.96. The normalized spacial score (nSPS) is 34.5. The van der Waals surface area contributed by atoms with Gasteiger partial charge in [-0.25, -0.2) is 0 Å². The first-order valence-corrected chi connectivity index (χ1v) is 19.0. The number of methoxy groups -OCH3 is 2. The lowest BCUT2D eigenvalue weighted by Gasteiger charge is -2.54. The van der Waals surface area contributed by atoms with E-state index in [1.54, 1.807) is 7.11 Å². The molecule has 6 bridgehead atoms. The maximum atomic E-state index is 14.2. The zero-order valence-corrected chi connectivity index (χ0v) is 30.5. The first-order valence-electron chi connectivity index (χ1n) is 19.0. The highest BCUT2D eigenvalue weighted by atomic mass is 16.5. The number of aliphatic hydroxyl groups is 2. The number of H-pyrrole nitrogens is 2. The van der Waals surface area contributed by atoms with Gasteiger partial charge in [-0.1, -0.05) is 29.8 Å². The summed E-state index contributed by atoms with van der Waals surface area (Å²) >= 11 is 0. The largest absolute Gasteiger partial charge is 0.496 e. The molecule has 10 rings (SSSR count). The van der Waals surface area contributed by atoms with Gasteiger partial charge in [0.1, 0.15) is 11.2 Å². The van der Waals surface area contributed by atoms with E-state index in [2.05, 4.69) is 76.2 Å². The van der Waals surface area contributed by atoms with Crippen LogP contribution in [-0.2, 0) is 22.4 Å². The number of para-hydroxylation sites is 1. The van der Waals surface area contributed by atoms with Crippen LogP contribution in [0.2, 0.25) is 0 Å². The van der Waals surface area contributed by atoms with Crippen molar-refractivity contribution in [3.05, 3.63) is 76.1 Å². The van der Waals surface area contributed by atoms with Crippen molar-refractivity contribution in [3.63, 3.8) is 0 Å². The molecule has 4 aromatic rings. The second-order valence-electron chi connectivity index (χ2n) is 16.3. The number of benzene rings is 2. The standard InChI is InChI=1S/C42H52N4O5/c1-6-24-20-45(3)35-18-29-25-9-7-8-10-33(25)43-38(29)30(17-32(24)42(35,21-47)41(49)51-5)36-34(50-4)12-11-26-27-13-14-46-19-23-15-28(22(2)48)40(46)31(16-23)37(27)44-39(26)36/h6-12,22-23,28,30-32,35,40,43-44,47-48H,13-21H2,1-5H3/b24-6-/t22-,23+,28+,30+,31-,32-,35-,40-,42-/m0/s1. The maximum absolute atomic E-state index is 14.2. The van der Waals surface area contributed by atoms with Crippen LogP contribution in [0, 0.1) is 23.2 Å². The molecule has 2 aliphatic carbocycles. The van der Waals surface area contributed by atoms with Crippen molar-refractivity contribution in [1.82, 2.24) is 19.8 Å². The van der Waals surface area contributed by atoms with E-state index in [0.717, 1.165) is 77.9 Å². The minimum Gasteiger partial charge on any atom is -0.496 e. The van der Waals surface area contributed by atoms with Crippen LogP contribution in [0.5, 0.6) is 5.75 Å². The fraction of sp³-hybridized carbons (Fsp3) is 0.548. The molecule has 4 fully saturated rings. The lowest BCUT2D eigenvalue weighted by atomic mass is 9.58. The molecule has 6 aliphatic rings. The monoisotopic (exact) mass is 692 g/mol. The molecule has 2 aromatic heterocycles. The Bertz CT molecular complexity index is 2050. The molecule has 9 nitrogen and oxygen atoms in total. The highest BCUT2D eigenvalue weighted by Crippen LogP contribution is 2.56. The van der Waals surface area contributed by atoms with E-state index in [0.29, 0.717) is 30.7 Å². The van der Waals surface area contributed by atoms with Gasteiger partial charge in [-0.2, -0.15) is 0 Å². The van der Waals surface area contributed by atoms with Crippen LogP contribution in [0.3, 0.4) is 0 Å². The SMILES string of the molecule is C/C=C1/CN(C)[C@H]2Cc3c([nH]c4ccccc34)[C@@H](c3c(OC)ccc4c5c([nH]c34)[C@@H]3C[C@H]4C[C@H]([C@H](C)O)[C@@H]3N(CC5)C4)C[C@@H]1[C@]2(CO)C(=O)OC. The number of nitrogens with zero attached hydrogens (tertiary/aromatic N) is 2. The van der Waals surface area contributed by atoms with Crippen molar-refractivity contribution in [3.8, 4) is 5.75 Å². The van der Waals surface area contributed by atoms with Gasteiger partial charge in [0.2, 0.25) is 0 Å². The molecule has 10 atom stereocenters. The highest BCUT2D eigenvalue weighted by molar-refractivity contribution is 5.92. The fourth-order valence-corrected chi connectivity index (χ4v) is 12.0. The van der Waals surface area contributed by atoms with Gasteiger partial charge in [0, 0.05) is 88.6 Å². The average Bonchev–Trinajstić information content (AvgIpc) is 3.67. The van der Waals surface area contributed by atoms with Crippen molar-refractivity contribution >= 4 is 27.8 Å². The molecule has 51 heavy (non-hydrogen) atoms. The molecule has 0 spiro atoms. The number of allylic oxidation sites excluding steroid dienone is 1. The van der Waals surface area contributed by atoms with Crippen molar-refractivity contribution in [1.29, 1.82) is 0 Å². The van der Waals surface area contributed by atoms with E-state index in [-0.39, 0.29) is 42.5 Å². The fourth-order valence-electron chi connectivity index (χ4n) is 12.0. The Morgan fingerprint density at radius 1 is 1.08 bits per heavy atom. The first-order chi connectivity index (χ1) is 24.7. The third-order valence-electron chi connectivity index (χ3n) is 14.2. The number of hydrogen-bond acceptors (Lipinski definition) is 7. The predicted molar refractivity (Wildman–Crippen MR) is 198 cm³/mol. The van der Waals surface area contributed by atoms with E-state index in [4.69, 9.17) is 9.47 Å². The molecule has 1 saturated carbocycles. The zero-order chi connectivity index (χ0) is 35.3. The van der Waals surface area contributed by atoms with Gasteiger partial charge < -0.3 is 29.7 Å². The lowest BCUT2D eigenvalue weighted by Crippen LogP contribution is -2.63. The van der Waals surface area contributed by atoms with Gasteiger partial charge in [-0.3, -0.25) is 14.6 Å². The van der Waals surface area contributed by atoms with Gasteiger partial charge in [0.05, 0.1) is 32.4 Å². The van der Waals surface area contributed by atoms with Crippen molar-refractivity contribution in [2.75, 3.05) is 47.5 Å². The third-order valence-corrected chi connectivity index (χ3v) is 14.2. The van der Waals surface area contributed by atoms with Crippen LogP contribution in [-0.4, -0.2) is 102 Å². The number of likely N-dealkylation sites (tertiary alicyclic amines) is 1. The lowest BCUT2D eigenvalue weighted by molar-refractivity contribution is -0.169. The Labute approximate surface area is 300 Å². The zero-order valence-electron chi connectivity index (χ0n) is 30.5. The summed E-state index contributed by atoms with van der Waals surface area (Å²) in [7, 11) is 5.28. The second-order valence-corrected chi connectivity index (χ2v) is 16.3. The van der Waals surface area contributed by atoms with Crippen molar-refractivity contribution in [2.24, 2.45) is 23.2 Å². The van der Waals surface area contributed by atoms with E-state index < -0.39 is 5.41 Å². The maximum Gasteiger partial charge on any atom is 0.316 e. The molecule has 0 amide bonds. The van der Waals surface area contributed by atoms with E-state index >= 15 is 0 Å². The number of nitrogens with one attached hydrogen (secondary N) is 2. The average molecular weight is 693 g/mol. The smallest absolute Gasteiger partial charge is 0.316 e. The number of aromatic nitrogens is 2. The highest BCUT2D eigenvalue weighted by Gasteiger charge is 2.59. The van der Waals surface area contributed by atoms with Gasteiger partial charge in [-0.05, 0) is 88.2 Å². The number of aliphatic hydroxyl groups excluding tert-OH is 2. The van der Waals surface area contributed by atoms with Crippen molar-refractivity contribution in [2.45, 2.75) is 76.0 Å². The van der Waals surface area contributed by atoms with Gasteiger partial charge in [0.15, 0.2) is 0 Å². The number of rotatable bonds is 5. The number of hydrogen-bond donors (Lipinski definition) is 4. The molecule has 4 aliphatic heterocycles. The number of ether oxygens (including phenoxy) is 2. The van der Waals surface area contributed by atoms with Gasteiger partial charge in [0.25, 0.3) is 0 Å². The molecule has 2 aromatic carbocycles. The number of fused-ring (bicyclic) bond motifs is 9. The molecule has 6 heterocycles. The van der Waals surface area contributed by atoms with Crippen molar-refractivity contribution < 1.29 is 24.5 Å². The van der Waals surface area contributed by atoms with Crippen LogP contribution in [0.15, 0.2) is 48.0 Å². The second kappa shape index (κ2) is 12.2. The number of likely N-dealkylation sites (N-methyl/N-ethyl adjacent to an activating group) is 1. The van der Waals surface area contributed by atoms with Crippen LogP contribution >= 0.6 is 0 Å². The minimum absolute atomic E-state index is 0.169. The topological polar surface area (TPSA) is 114 Å². The van der Waals surface area contributed by atoms with E-state index in [1.807, 2.05) is 6.92 Å². The third kappa shape index (κ3) is 4.63. The quantitative estimate of drug-likeness (QED) is 0.162. The first kappa shape index (κ1) is 33.2. The summed E-state index contributed by atoms with van der Waals surface area (Å²) < 4.78 is 11.9. The Balaban J connectivity index is 1.30. The molecule has 270 valence electrons. The summed E-state index contributed by atoms with van der Waals surface area (Å²) in [5, 5.41) is 24.8. The molecule has 4 N–H and O–H groups in total. The number of aromatic amines is 2. The molecular formula is C42H52N4O5. The predicted octanol–water partition coefficient (Wildman–Crippen LogP) is 5.50. The summed E-state index contributed by atoms with van der Waals surface area (Å²) in [6.07, 6.45) is 6.22. The van der Waals surface area contributed by atoms with Crippen LogP contribution < -0.4 is 4.74 Å². The van der Waals surface area contributed by atoms with Crippen LogP contribution in [0.4, 0.5) is 0 Å². The minimum atomic E-state index is -1.15. The number of carbonyl (C=O) groups excluding carboxylic acids is 1. The van der Waals surface area contributed by atoms with Gasteiger partial charge >= 0.3 is 5.97 Å². The molecule has 1 unspecified atom stereocenters. The molecule has 3 saturated heterocycles. The van der Waals surface area contributed by atoms with E-state index in [9.17, 15) is 15.0 Å². The summed E-state index contributed by atoms with van der Waals surface area (Å²) in [6, 6.07) is 12.9. The number of carbonyl (C=O) groups is 1. The summed E-state index contributed by atoms with van der Waals surface area (Å²) in [5.74, 6) is 1.25. The summed E-state index contributed by atoms with van der Waals surface area (Å²) in [6.45, 7) is 6.58. The molecule has 0 radical (unpaired) electrons. The Morgan fingerprint density at radius 3 is 2.65 bits per heavy atom. The Hall–Kier alpha value is -3.63. The summed E-state index contributed by atoms with van der Waals surface area (Å²) in [4.78, 5) is 27.1. The molecular weight excluding hydrogens is 640 g/mol. The summed E-state index contributed by atoms with van der Waals surface area (Å²) in [5.41, 5.74) is 8.35. The van der Waals surface area contributed by atoms with Gasteiger partial charge in [-0.15, -0.1) is 0 Å². The van der Waals surface area contributed by atoms with E-state index in [1.165, 1.54) is 29.3 Å². The number of piperidine rings is 3. The van der Waals surface area contributed by atoms with Crippen LogP contribution in [0.25, 0.3) is 21.8 Å². The van der Waals surface area contributed by atoms with Crippen LogP contribution in [0.1, 0.15) is 73.0 Å². The molecule has 9 heteroatoms. The Morgan fingerprint density at radius 2 is 1.90 bits per heavy atom.